The molecule has 3 aromatic rings. The zero-order valence-corrected chi connectivity index (χ0v) is 15.1. The van der Waals surface area contributed by atoms with Crippen molar-refractivity contribution in [3.63, 3.8) is 0 Å². The van der Waals surface area contributed by atoms with Crippen molar-refractivity contribution in [2.45, 2.75) is 6.54 Å². The SMILES string of the molecule is COc1ccc(Oc2c(Cl)cnn(Cc3ccc(F)cc3Cl)c2=O)cc1. The lowest BCUT2D eigenvalue weighted by molar-refractivity contribution is 0.412. The molecule has 0 fully saturated rings. The van der Waals surface area contributed by atoms with Gasteiger partial charge in [-0.25, -0.2) is 9.07 Å². The van der Waals surface area contributed by atoms with Gasteiger partial charge in [-0.2, -0.15) is 5.10 Å². The highest BCUT2D eigenvalue weighted by molar-refractivity contribution is 6.32. The number of nitrogens with zero attached hydrogens (tertiary/aromatic N) is 2. The molecule has 5 nitrogen and oxygen atoms in total. The maximum atomic E-state index is 13.2. The third kappa shape index (κ3) is 3.98. The minimum absolute atomic E-state index is 0.0497. The number of rotatable bonds is 5. The molecule has 0 aliphatic heterocycles. The molecule has 0 atom stereocenters. The van der Waals surface area contributed by atoms with Crippen molar-refractivity contribution in [1.29, 1.82) is 0 Å². The van der Waals surface area contributed by atoms with E-state index in [4.69, 9.17) is 32.7 Å². The molecule has 0 aliphatic rings. The number of benzene rings is 2. The van der Waals surface area contributed by atoms with Crippen molar-refractivity contribution < 1.29 is 13.9 Å². The zero-order valence-electron chi connectivity index (χ0n) is 13.6. The minimum atomic E-state index is -0.534. The van der Waals surface area contributed by atoms with Crippen molar-refractivity contribution in [1.82, 2.24) is 9.78 Å². The van der Waals surface area contributed by atoms with E-state index < -0.39 is 11.4 Å². The van der Waals surface area contributed by atoms with Gasteiger partial charge in [0.1, 0.15) is 22.3 Å². The first kappa shape index (κ1) is 18.2. The standard InChI is InChI=1S/C18H13Cl2FN2O3/c1-25-13-4-6-14(7-5-13)26-17-16(20)9-22-23(18(17)24)10-11-2-3-12(21)8-15(11)19/h2-9H,10H2,1H3. The van der Waals surface area contributed by atoms with Gasteiger partial charge in [0.25, 0.3) is 0 Å². The summed E-state index contributed by atoms with van der Waals surface area (Å²) < 4.78 is 25.0. The molecule has 0 N–H and O–H groups in total. The van der Waals surface area contributed by atoms with Gasteiger partial charge >= 0.3 is 5.56 Å². The highest BCUT2D eigenvalue weighted by Crippen LogP contribution is 2.26. The maximum absolute atomic E-state index is 13.2. The van der Waals surface area contributed by atoms with Gasteiger partial charge in [-0.3, -0.25) is 4.79 Å². The Morgan fingerprint density at radius 1 is 1.08 bits per heavy atom. The average molecular weight is 395 g/mol. The lowest BCUT2D eigenvalue weighted by Gasteiger charge is -2.11. The van der Waals surface area contributed by atoms with E-state index in [-0.39, 0.29) is 22.3 Å². The summed E-state index contributed by atoms with van der Waals surface area (Å²) in [4.78, 5) is 12.6. The van der Waals surface area contributed by atoms with E-state index in [1.165, 1.54) is 24.4 Å². The molecule has 0 amide bonds. The van der Waals surface area contributed by atoms with Crippen LogP contribution in [0.5, 0.6) is 17.2 Å². The minimum Gasteiger partial charge on any atom is -0.497 e. The second-order valence-electron chi connectivity index (χ2n) is 5.30. The molecule has 0 unspecified atom stereocenters. The monoisotopic (exact) mass is 394 g/mol. The lowest BCUT2D eigenvalue weighted by atomic mass is 10.2. The second-order valence-corrected chi connectivity index (χ2v) is 6.11. The summed E-state index contributed by atoms with van der Waals surface area (Å²) in [6.45, 7) is 0.0497. The average Bonchev–Trinajstić information content (AvgIpc) is 2.63. The Balaban J connectivity index is 1.91. The van der Waals surface area contributed by atoms with E-state index in [9.17, 15) is 9.18 Å². The van der Waals surface area contributed by atoms with Crippen LogP contribution in [0.2, 0.25) is 10.0 Å². The molecule has 0 aliphatic carbocycles. The van der Waals surface area contributed by atoms with E-state index in [0.29, 0.717) is 17.1 Å². The smallest absolute Gasteiger partial charge is 0.311 e. The highest BCUT2D eigenvalue weighted by atomic mass is 35.5. The molecule has 134 valence electrons. The molecular formula is C18H13Cl2FN2O3. The van der Waals surface area contributed by atoms with Gasteiger partial charge in [0.15, 0.2) is 0 Å². The van der Waals surface area contributed by atoms with Crippen molar-refractivity contribution in [3.8, 4) is 17.2 Å². The first-order valence-corrected chi connectivity index (χ1v) is 8.25. The molecule has 0 spiro atoms. The lowest BCUT2D eigenvalue weighted by Crippen LogP contribution is -2.24. The molecule has 3 rings (SSSR count). The Kier molecular flexibility index (Phi) is 5.44. The van der Waals surface area contributed by atoms with E-state index in [1.807, 2.05) is 0 Å². The number of methoxy groups -OCH3 is 1. The molecule has 1 heterocycles. The van der Waals surface area contributed by atoms with Crippen LogP contribution in [0.25, 0.3) is 0 Å². The Bertz CT molecular complexity index is 991. The molecule has 0 saturated heterocycles. The van der Waals surface area contributed by atoms with E-state index in [0.717, 1.165) is 4.68 Å². The predicted molar refractivity (Wildman–Crippen MR) is 97.1 cm³/mol. The number of hydrogen-bond acceptors (Lipinski definition) is 4. The van der Waals surface area contributed by atoms with Gasteiger partial charge < -0.3 is 9.47 Å². The molecular weight excluding hydrogens is 382 g/mol. The summed E-state index contributed by atoms with van der Waals surface area (Å²) in [5.74, 6) is 0.549. The fourth-order valence-electron chi connectivity index (χ4n) is 2.23. The van der Waals surface area contributed by atoms with Crippen LogP contribution in [0.1, 0.15) is 5.56 Å². The molecule has 2 aromatic carbocycles. The van der Waals surface area contributed by atoms with Crippen molar-refractivity contribution in [3.05, 3.63) is 80.4 Å². The van der Waals surface area contributed by atoms with Crippen LogP contribution in [0.3, 0.4) is 0 Å². The largest absolute Gasteiger partial charge is 0.497 e. The first-order chi connectivity index (χ1) is 12.5. The molecule has 26 heavy (non-hydrogen) atoms. The predicted octanol–water partition coefficient (Wildman–Crippen LogP) is 4.54. The quantitative estimate of drug-likeness (QED) is 0.637. The summed E-state index contributed by atoms with van der Waals surface area (Å²) in [5.41, 5.74) is 0.00842. The summed E-state index contributed by atoms with van der Waals surface area (Å²) in [6, 6.07) is 10.6. The molecule has 8 heteroatoms. The number of aromatic nitrogens is 2. The van der Waals surface area contributed by atoms with Crippen LogP contribution in [0, 0.1) is 5.82 Å². The van der Waals surface area contributed by atoms with Gasteiger partial charge in [0.2, 0.25) is 5.75 Å². The van der Waals surface area contributed by atoms with Crippen molar-refractivity contribution in [2.75, 3.05) is 7.11 Å². The molecule has 0 radical (unpaired) electrons. The molecule has 1 aromatic heterocycles. The maximum Gasteiger partial charge on any atom is 0.311 e. The fourth-order valence-corrected chi connectivity index (χ4v) is 2.62. The summed E-state index contributed by atoms with van der Waals surface area (Å²) >= 11 is 12.1. The number of ether oxygens (including phenoxy) is 2. The van der Waals surface area contributed by atoms with E-state index in [1.54, 1.807) is 31.4 Å². The zero-order chi connectivity index (χ0) is 18.7. The van der Waals surface area contributed by atoms with Crippen LogP contribution >= 0.6 is 23.2 Å². The summed E-state index contributed by atoms with van der Waals surface area (Å²) in [7, 11) is 1.55. The van der Waals surface area contributed by atoms with Crippen LogP contribution in [-0.2, 0) is 6.54 Å². The third-order valence-electron chi connectivity index (χ3n) is 3.57. The normalized spacial score (nSPS) is 10.6. The van der Waals surface area contributed by atoms with Crippen LogP contribution in [-0.4, -0.2) is 16.9 Å². The van der Waals surface area contributed by atoms with Gasteiger partial charge in [0, 0.05) is 5.02 Å². The second kappa shape index (κ2) is 7.76. The Morgan fingerprint density at radius 3 is 2.42 bits per heavy atom. The van der Waals surface area contributed by atoms with Crippen LogP contribution in [0.4, 0.5) is 4.39 Å². The Labute approximate surface area is 158 Å². The van der Waals surface area contributed by atoms with Gasteiger partial charge in [-0.1, -0.05) is 29.3 Å². The van der Waals surface area contributed by atoms with Crippen LogP contribution in [0.15, 0.2) is 53.5 Å². The molecule has 0 bridgehead atoms. The summed E-state index contributed by atoms with van der Waals surface area (Å²) in [5, 5.41) is 4.26. The topological polar surface area (TPSA) is 53.4 Å². The van der Waals surface area contributed by atoms with Crippen molar-refractivity contribution >= 4 is 23.2 Å². The number of halogens is 3. The Morgan fingerprint density at radius 2 is 1.77 bits per heavy atom. The van der Waals surface area contributed by atoms with Crippen LogP contribution < -0.4 is 15.0 Å². The Hall–Kier alpha value is -2.57. The van der Waals surface area contributed by atoms with Gasteiger partial charge in [0.05, 0.1) is 19.9 Å². The van der Waals surface area contributed by atoms with Gasteiger partial charge in [-0.15, -0.1) is 0 Å². The third-order valence-corrected chi connectivity index (χ3v) is 4.19. The van der Waals surface area contributed by atoms with Gasteiger partial charge in [-0.05, 0) is 42.0 Å². The van der Waals surface area contributed by atoms with E-state index in [2.05, 4.69) is 5.10 Å². The summed E-state index contributed by atoms with van der Waals surface area (Å²) in [6.07, 6.45) is 1.30. The fraction of sp³-hybridized carbons (Fsp3) is 0.111. The van der Waals surface area contributed by atoms with Crippen molar-refractivity contribution in [2.24, 2.45) is 0 Å². The number of hydrogen-bond donors (Lipinski definition) is 0. The van der Waals surface area contributed by atoms with E-state index >= 15 is 0 Å². The molecule has 0 saturated carbocycles. The highest BCUT2D eigenvalue weighted by Gasteiger charge is 2.14. The first-order valence-electron chi connectivity index (χ1n) is 7.49.